The van der Waals surface area contributed by atoms with E-state index < -0.39 is 5.60 Å². The van der Waals surface area contributed by atoms with Crippen LogP contribution in [0.15, 0.2) is 0 Å². The maximum atomic E-state index is 12.1. The van der Waals surface area contributed by atoms with Gasteiger partial charge in [0.25, 0.3) is 0 Å². The zero-order valence-corrected chi connectivity index (χ0v) is 11.8. The molecule has 18 heavy (non-hydrogen) atoms. The number of carbonyl (C=O) groups is 1. The van der Waals surface area contributed by atoms with Crippen molar-refractivity contribution in [2.45, 2.75) is 38.2 Å². The normalized spacial score (nSPS) is 33.7. The van der Waals surface area contributed by atoms with E-state index in [2.05, 4.69) is 5.32 Å². The molecule has 2 rings (SSSR count). The number of carbonyl (C=O) groups excluding carboxylic acids is 1. The molecule has 2 N–H and O–H groups in total. The molecule has 0 saturated heterocycles. The minimum absolute atomic E-state index is 0.158. The minimum atomic E-state index is -0.848. The van der Waals surface area contributed by atoms with Crippen molar-refractivity contribution in [2.24, 2.45) is 17.8 Å². The number of hydrogen-bond acceptors (Lipinski definition) is 3. The van der Waals surface area contributed by atoms with Gasteiger partial charge in [-0.05, 0) is 45.7 Å². The highest BCUT2D eigenvalue weighted by atomic mass is 16.3. The quantitative estimate of drug-likeness (QED) is 0.765. The van der Waals surface area contributed by atoms with Gasteiger partial charge < -0.3 is 15.3 Å². The smallest absolute Gasteiger partial charge is 0.223 e. The third-order valence-electron chi connectivity index (χ3n) is 4.26. The topological polar surface area (TPSA) is 52.6 Å². The van der Waals surface area contributed by atoms with Gasteiger partial charge in [-0.25, -0.2) is 0 Å². The molecule has 0 radical (unpaired) electrons. The Morgan fingerprint density at radius 1 is 1.33 bits per heavy atom. The molecule has 2 aliphatic carbocycles. The van der Waals surface area contributed by atoms with Gasteiger partial charge in [-0.3, -0.25) is 4.79 Å². The van der Waals surface area contributed by atoms with Crippen LogP contribution in [-0.2, 0) is 4.79 Å². The number of rotatable bonds is 5. The average molecular weight is 254 g/mol. The molecule has 2 aliphatic rings. The Morgan fingerprint density at radius 3 is 2.39 bits per heavy atom. The van der Waals surface area contributed by atoms with E-state index in [0.29, 0.717) is 24.9 Å². The Balaban J connectivity index is 1.75. The van der Waals surface area contributed by atoms with Crippen LogP contribution in [0.3, 0.4) is 0 Å². The number of likely N-dealkylation sites (N-methyl/N-ethyl adjacent to an activating group) is 1. The standard InChI is InChI=1S/C14H26N2O2/c1-14(18,9-16(2)3)8-15-13(17)12-10-6-4-5-7-11(10)12/h10-12,18H,4-9H2,1-3H3,(H,15,17). The summed E-state index contributed by atoms with van der Waals surface area (Å²) >= 11 is 0. The van der Waals surface area contributed by atoms with E-state index in [4.69, 9.17) is 0 Å². The molecular weight excluding hydrogens is 228 g/mol. The molecular formula is C14H26N2O2. The van der Waals surface area contributed by atoms with Crippen LogP contribution < -0.4 is 5.32 Å². The number of aliphatic hydroxyl groups is 1. The molecule has 2 fully saturated rings. The fourth-order valence-corrected chi connectivity index (χ4v) is 3.51. The summed E-state index contributed by atoms with van der Waals surface area (Å²) in [6, 6.07) is 0. The highest BCUT2D eigenvalue weighted by molar-refractivity contribution is 5.82. The van der Waals surface area contributed by atoms with Gasteiger partial charge in [0.1, 0.15) is 0 Å². The predicted octanol–water partition coefficient (Wildman–Crippen LogP) is 0.851. The summed E-state index contributed by atoms with van der Waals surface area (Å²) in [7, 11) is 3.84. The summed E-state index contributed by atoms with van der Waals surface area (Å²) in [5.74, 6) is 1.67. The molecule has 3 unspecified atom stereocenters. The molecule has 0 aliphatic heterocycles. The molecule has 0 spiro atoms. The molecule has 1 amide bonds. The molecule has 3 atom stereocenters. The third kappa shape index (κ3) is 3.23. The molecule has 4 nitrogen and oxygen atoms in total. The summed E-state index contributed by atoms with van der Waals surface area (Å²) in [6.07, 6.45) is 5.00. The summed E-state index contributed by atoms with van der Waals surface area (Å²) in [5.41, 5.74) is -0.848. The summed E-state index contributed by atoms with van der Waals surface area (Å²) in [6.45, 7) is 2.68. The van der Waals surface area contributed by atoms with Crippen LogP contribution in [0.1, 0.15) is 32.6 Å². The van der Waals surface area contributed by atoms with Crippen LogP contribution in [0, 0.1) is 17.8 Å². The Morgan fingerprint density at radius 2 is 1.89 bits per heavy atom. The lowest BCUT2D eigenvalue weighted by Gasteiger charge is -2.27. The minimum Gasteiger partial charge on any atom is -0.387 e. The van der Waals surface area contributed by atoms with Gasteiger partial charge in [-0.2, -0.15) is 0 Å². The van der Waals surface area contributed by atoms with Crippen molar-refractivity contribution in [3.63, 3.8) is 0 Å². The van der Waals surface area contributed by atoms with Crippen molar-refractivity contribution in [1.29, 1.82) is 0 Å². The largest absolute Gasteiger partial charge is 0.387 e. The number of amides is 1. The second-order valence-corrected chi connectivity index (χ2v) is 6.59. The molecule has 104 valence electrons. The van der Waals surface area contributed by atoms with E-state index in [1.54, 1.807) is 6.92 Å². The van der Waals surface area contributed by atoms with Crippen LogP contribution in [0.25, 0.3) is 0 Å². The SMILES string of the molecule is CN(C)CC(C)(O)CNC(=O)C1C2CCCCC21. The lowest BCUT2D eigenvalue weighted by molar-refractivity contribution is -0.124. The maximum absolute atomic E-state index is 12.1. The first-order chi connectivity index (χ1) is 8.41. The second-order valence-electron chi connectivity index (χ2n) is 6.59. The molecule has 0 aromatic carbocycles. The fourth-order valence-electron chi connectivity index (χ4n) is 3.51. The van der Waals surface area contributed by atoms with E-state index >= 15 is 0 Å². The first kappa shape index (κ1) is 13.8. The Labute approximate surface area is 110 Å². The maximum Gasteiger partial charge on any atom is 0.223 e. The van der Waals surface area contributed by atoms with E-state index in [1.165, 1.54) is 25.7 Å². The van der Waals surface area contributed by atoms with Gasteiger partial charge in [0.15, 0.2) is 0 Å². The third-order valence-corrected chi connectivity index (χ3v) is 4.26. The molecule has 0 aromatic heterocycles. The van der Waals surface area contributed by atoms with E-state index in [1.807, 2.05) is 19.0 Å². The number of nitrogens with zero attached hydrogens (tertiary/aromatic N) is 1. The monoisotopic (exact) mass is 254 g/mol. The lowest BCUT2D eigenvalue weighted by Crippen LogP contribution is -2.47. The highest BCUT2D eigenvalue weighted by Crippen LogP contribution is 2.55. The van der Waals surface area contributed by atoms with Gasteiger partial charge in [-0.15, -0.1) is 0 Å². The van der Waals surface area contributed by atoms with Gasteiger partial charge in [0, 0.05) is 19.0 Å². The molecule has 0 bridgehead atoms. The first-order valence-electron chi connectivity index (χ1n) is 7.05. The van der Waals surface area contributed by atoms with Crippen LogP contribution in [0.4, 0.5) is 0 Å². The zero-order chi connectivity index (χ0) is 13.3. The van der Waals surface area contributed by atoms with Crippen LogP contribution >= 0.6 is 0 Å². The van der Waals surface area contributed by atoms with Gasteiger partial charge >= 0.3 is 0 Å². The number of fused-ring (bicyclic) bond motifs is 1. The van der Waals surface area contributed by atoms with Crippen molar-refractivity contribution in [1.82, 2.24) is 10.2 Å². The van der Waals surface area contributed by atoms with Crippen molar-refractivity contribution in [3.05, 3.63) is 0 Å². The Kier molecular flexibility index (Phi) is 3.97. The van der Waals surface area contributed by atoms with Gasteiger partial charge in [-0.1, -0.05) is 12.8 Å². The van der Waals surface area contributed by atoms with E-state index in [9.17, 15) is 9.90 Å². The Bertz CT molecular complexity index is 303. The summed E-state index contributed by atoms with van der Waals surface area (Å²) < 4.78 is 0. The average Bonchev–Trinajstić information content (AvgIpc) is 2.98. The van der Waals surface area contributed by atoms with Crippen LogP contribution in [-0.4, -0.2) is 48.7 Å². The van der Waals surface area contributed by atoms with E-state index in [-0.39, 0.29) is 11.8 Å². The van der Waals surface area contributed by atoms with Crippen molar-refractivity contribution in [3.8, 4) is 0 Å². The summed E-state index contributed by atoms with van der Waals surface area (Å²) in [4.78, 5) is 14.0. The molecule has 2 saturated carbocycles. The van der Waals surface area contributed by atoms with Crippen LogP contribution in [0.2, 0.25) is 0 Å². The Hall–Kier alpha value is -0.610. The van der Waals surface area contributed by atoms with Crippen molar-refractivity contribution < 1.29 is 9.90 Å². The van der Waals surface area contributed by atoms with Gasteiger partial charge in [0.2, 0.25) is 5.91 Å². The summed E-state index contributed by atoms with van der Waals surface area (Å²) in [5, 5.41) is 13.1. The van der Waals surface area contributed by atoms with Crippen molar-refractivity contribution >= 4 is 5.91 Å². The second kappa shape index (κ2) is 5.17. The molecule has 0 aromatic rings. The highest BCUT2D eigenvalue weighted by Gasteiger charge is 2.54. The van der Waals surface area contributed by atoms with Gasteiger partial charge in [0.05, 0.1) is 5.60 Å². The fraction of sp³-hybridized carbons (Fsp3) is 0.929. The van der Waals surface area contributed by atoms with Crippen molar-refractivity contribution in [2.75, 3.05) is 27.2 Å². The zero-order valence-electron chi connectivity index (χ0n) is 11.8. The van der Waals surface area contributed by atoms with Crippen LogP contribution in [0.5, 0.6) is 0 Å². The lowest BCUT2D eigenvalue weighted by atomic mass is 10.0. The predicted molar refractivity (Wildman–Crippen MR) is 71.1 cm³/mol. The molecule has 0 heterocycles. The first-order valence-corrected chi connectivity index (χ1v) is 7.05. The molecule has 4 heteroatoms. The number of hydrogen-bond donors (Lipinski definition) is 2. The van der Waals surface area contributed by atoms with E-state index in [0.717, 1.165) is 0 Å². The number of nitrogens with one attached hydrogen (secondary N) is 1.